The second-order valence-corrected chi connectivity index (χ2v) is 4.74. The van der Waals surface area contributed by atoms with Crippen molar-refractivity contribution in [2.45, 2.75) is 31.4 Å². The third-order valence-electron chi connectivity index (χ3n) is 1.69. The SMILES string of the molecule is C=CC(=O)NCCCC(C)(C)SO. The largest absolute Gasteiger partial charge is 0.353 e. The summed E-state index contributed by atoms with van der Waals surface area (Å²) in [6, 6.07) is 0. The van der Waals surface area contributed by atoms with Crippen LogP contribution in [0.25, 0.3) is 0 Å². The van der Waals surface area contributed by atoms with Crippen LogP contribution in [0.1, 0.15) is 26.7 Å². The van der Waals surface area contributed by atoms with Gasteiger partial charge in [-0.15, -0.1) is 0 Å². The van der Waals surface area contributed by atoms with Crippen LogP contribution in [0.3, 0.4) is 0 Å². The van der Waals surface area contributed by atoms with E-state index in [0.29, 0.717) is 6.54 Å². The molecule has 0 saturated heterocycles. The van der Waals surface area contributed by atoms with Crippen LogP contribution in [0.5, 0.6) is 0 Å². The van der Waals surface area contributed by atoms with Crippen molar-refractivity contribution in [3.63, 3.8) is 0 Å². The van der Waals surface area contributed by atoms with Gasteiger partial charge in [0.05, 0.1) is 0 Å². The minimum Gasteiger partial charge on any atom is -0.353 e. The van der Waals surface area contributed by atoms with E-state index in [4.69, 9.17) is 4.55 Å². The Balaban J connectivity index is 3.46. The Kier molecular flexibility index (Phi) is 5.82. The standard InChI is InChI=1S/C9H17NO2S/c1-4-8(11)10-7-5-6-9(2,3)13-12/h4,12H,1,5-7H2,2-3H3,(H,10,11). The lowest BCUT2D eigenvalue weighted by atomic mass is 10.1. The summed E-state index contributed by atoms with van der Waals surface area (Å²) >= 11 is 0.859. The van der Waals surface area contributed by atoms with Gasteiger partial charge in [0, 0.05) is 11.3 Å². The van der Waals surface area contributed by atoms with E-state index in [1.807, 2.05) is 13.8 Å². The molecule has 0 aromatic rings. The Morgan fingerprint density at radius 2 is 2.31 bits per heavy atom. The summed E-state index contributed by atoms with van der Waals surface area (Å²) in [5.74, 6) is -0.144. The second kappa shape index (κ2) is 6.05. The van der Waals surface area contributed by atoms with E-state index in [9.17, 15) is 4.79 Å². The third kappa shape index (κ3) is 6.66. The summed E-state index contributed by atoms with van der Waals surface area (Å²) in [5, 5.41) is 2.68. The fourth-order valence-electron chi connectivity index (χ4n) is 0.844. The zero-order chi connectivity index (χ0) is 10.3. The Bertz CT molecular complexity index is 180. The molecule has 0 aliphatic heterocycles. The van der Waals surface area contributed by atoms with Crippen molar-refractivity contribution in [2.75, 3.05) is 6.54 Å². The molecule has 13 heavy (non-hydrogen) atoms. The van der Waals surface area contributed by atoms with Crippen molar-refractivity contribution in [1.82, 2.24) is 5.32 Å². The second-order valence-electron chi connectivity index (χ2n) is 3.45. The molecular weight excluding hydrogens is 186 g/mol. The Morgan fingerprint density at radius 3 is 2.77 bits per heavy atom. The van der Waals surface area contributed by atoms with Gasteiger partial charge in [-0.3, -0.25) is 4.79 Å². The summed E-state index contributed by atoms with van der Waals surface area (Å²) in [7, 11) is 0. The molecule has 1 amide bonds. The number of carbonyl (C=O) groups excluding carboxylic acids is 1. The summed E-state index contributed by atoms with van der Waals surface area (Å²) in [6.45, 7) is 7.91. The molecule has 0 saturated carbocycles. The smallest absolute Gasteiger partial charge is 0.243 e. The van der Waals surface area contributed by atoms with Crippen LogP contribution in [0.4, 0.5) is 0 Å². The highest BCUT2D eigenvalue weighted by Crippen LogP contribution is 2.25. The first-order chi connectivity index (χ1) is 6.02. The van der Waals surface area contributed by atoms with Crippen molar-refractivity contribution in [3.05, 3.63) is 12.7 Å². The van der Waals surface area contributed by atoms with Crippen LogP contribution >= 0.6 is 12.0 Å². The molecule has 0 atom stereocenters. The normalized spacial score (nSPS) is 11.0. The van der Waals surface area contributed by atoms with Gasteiger partial charge in [0.2, 0.25) is 5.91 Å². The first-order valence-electron chi connectivity index (χ1n) is 4.24. The van der Waals surface area contributed by atoms with E-state index in [2.05, 4.69) is 11.9 Å². The zero-order valence-electron chi connectivity index (χ0n) is 8.17. The molecule has 0 aliphatic rings. The summed E-state index contributed by atoms with van der Waals surface area (Å²) in [4.78, 5) is 10.7. The number of nitrogens with one attached hydrogen (secondary N) is 1. The first kappa shape index (κ1) is 12.5. The van der Waals surface area contributed by atoms with E-state index in [1.165, 1.54) is 6.08 Å². The predicted molar refractivity (Wildman–Crippen MR) is 56.7 cm³/mol. The lowest BCUT2D eigenvalue weighted by Crippen LogP contribution is -2.24. The average Bonchev–Trinajstić information content (AvgIpc) is 2.12. The molecule has 2 N–H and O–H groups in total. The quantitative estimate of drug-likeness (QED) is 0.394. The Morgan fingerprint density at radius 1 is 1.69 bits per heavy atom. The number of rotatable bonds is 6. The molecule has 0 aliphatic carbocycles. The van der Waals surface area contributed by atoms with E-state index < -0.39 is 0 Å². The van der Waals surface area contributed by atoms with Crippen LogP contribution in [0.2, 0.25) is 0 Å². The fraction of sp³-hybridized carbons (Fsp3) is 0.667. The minimum atomic E-state index is -0.144. The molecule has 3 nitrogen and oxygen atoms in total. The number of hydrogen-bond donors (Lipinski definition) is 2. The van der Waals surface area contributed by atoms with Crippen molar-refractivity contribution in [3.8, 4) is 0 Å². The molecule has 0 heterocycles. The summed E-state index contributed by atoms with van der Waals surface area (Å²) in [6.07, 6.45) is 2.98. The van der Waals surface area contributed by atoms with Crippen LogP contribution in [0.15, 0.2) is 12.7 Å². The van der Waals surface area contributed by atoms with Gasteiger partial charge in [-0.1, -0.05) is 6.58 Å². The van der Waals surface area contributed by atoms with Gasteiger partial charge in [0.15, 0.2) is 0 Å². The van der Waals surface area contributed by atoms with Gasteiger partial charge in [-0.05, 0) is 44.8 Å². The highest BCUT2D eigenvalue weighted by atomic mass is 32.2. The van der Waals surface area contributed by atoms with Gasteiger partial charge >= 0.3 is 0 Å². The van der Waals surface area contributed by atoms with E-state index >= 15 is 0 Å². The maximum absolute atomic E-state index is 10.7. The molecule has 0 rings (SSSR count). The zero-order valence-corrected chi connectivity index (χ0v) is 8.99. The molecule has 0 unspecified atom stereocenters. The molecule has 0 aromatic heterocycles. The van der Waals surface area contributed by atoms with E-state index in [-0.39, 0.29) is 10.7 Å². The van der Waals surface area contributed by atoms with Crippen LogP contribution in [-0.4, -0.2) is 21.8 Å². The number of carbonyl (C=O) groups is 1. The van der Waals surface area contributed by atoms with Crippen molar-refractivity contribution in [2.24, 2.45) is 0 Å². The minimum absolute atomic E-state index is 0.126. The lowest BCUT2D eigenvalue weighted by molar-refractivity contribution is -0.116. The third-order valence-corrected chi connectivity index (χ3v) is 2.39. The van der Waals surface area contributed by atoms with Gasteiger partial charge in [-0.2, -0.15) is 0 Å². The molecule has 0 fully saturated rings. The summed E-state index contributed by atoms with van der Waals surface area (Å²) in [5.41, 5.74) is 0. The van der Waals surface area contributed by atoms with Gasteiger partial charge in [0.25, 0.3) is 0 Å². The maximum Gasteiger partial charge on any atom is 0.243 e. The van der Waals surface area contributed by atoms with Crippen molar-refractivity contribution in [1.29, 1.82) is 0 Å². The van der Waals surface area contributed by atoms with Crippen LogP contribution in [0, 0.1) is 0 Å². The monoisotopic (exact) mass is 203 g/mol. The molecule has 0 aromatic carbocycles. The Labute approximate surface area is 83.8 Å². The highest BCUT2D eigenvalue weighted by molar-refractivity contribution is 7.95. The molecule has 0 radical (unpaired) electrons. The fourth-order valence-corrected chi connectivity index (χ4v) is 1.08. The van der Waals surface area contributed by atoms with Gasteiger partial charge in [0.1, 0.15) is 0 Å². The topological polar surface area (TPSA) is 49.3 Å². The highest BCUT2D eigenvalue weighted by Gasteiger charge is 2.16. The predicted octanol–water partition coefficient (Wildman–Crippen LogP) is 2.05. The van der Waals surface area contributed by atoms with Gasteiger partial charge in [-0.25, -0.2) is 0 Å². The molecule has 0 spiro atoms. The number of hydrogen-bond acceptors (Lipinski definition) is 3. The number of amides is 1. The molecule has 4 heteroatoms. The summed E-state index contributed by atoms with van der Waals surface area (Å²) < 4.78 is 8.74. The molecule has 76 valence electrons. The van der Waals surface area contributed by atoms with E-state index in [1.54, 1.807) is 0 Å². The maximum atomic E-state index is 10.7. The average molecular weight is 203 g/mol. The molecular formula is C9H17NO2S. The lowest BCUT2D eigenvalue weighted by Gasteiger charge is -2.19. The van der Waals surface area contributed by atoms with E-state index in [0.717, 1.165) is 24.9 Å². The first-order valence-corrected chi connectivity index (χ1v) is 5.02. The van der Waals surface area contributed by atoms with Crippen molar-refractivity contribution < 1.29 is 9.35 Å². The van der Waals surface area contributed by atoms with Crippen molar-refractivity contribution >= 4 is 17.9 Å². The Hall–Kier alpha value is -0.480. The molecule has 0 bridgehead atoms. The van der Waals surface area contributed by atoms with Crippen LogP contribution in [-0.2, 0) is 4.79 Å². The van der Waals surface area contributed by atoms with Gasteiger partial charge < -0.3 is 9.87 Å². The van der Waals surface area contributed by atoms with Crippen LogP contribution < -0.4 is 5.32 Å².